The lowest BCUT2D eigenvalue weighted by Gasteiger charge is -2.15. The van der Waals surface area contributed by atoms with E-state index in [9.17, 15) is 13.2 Å². The van der Waals surface area contributed by atoms with E-state index in [1.807, 2.05) is 25.1 Å². The van der Waals surface area contributed by atoms with Gasteiger partial charge >= 0.3 is 6.18 Å². The monoisotopic (exact) mass is 257 g/mol. The van der Waals surface area contributed by atoms with Gasteiger partial charge in [0, 0.05) is 13.0 Å². The van der Waals surface area contributed by atoms with Crippen LogP contribution in [0.25, 0.3) is 11.0 Å². The average molecular weight is 257 g/mol. The molecule has 1 aromatic carbocycles. The Kier molecular flexibility index (Phi) is 3.30. The summed E-state index contributed by atoms with van der Waals surface area (Å²) in [5.41, 5.74) is 6.69. The molecule has 0 aliphatic carbocycles. The Balaban J connectivity index is 2.39. The third-order valence-electron chi connectivity index (χ3n) is 2.87. The predicted octanol–water partition coefficient (Wildman–Crippen LogP) is 2.49. The lowest BCUT2D eigenvalue weighted by molar-refractivity contribution is -0.147. The first-order chi connectivity index (χ1) is 8.43. The smallest absolute Gasteiger partial charge is 0.328 e. The van der Waals surface area contributed by atoms with Gasteiger partial charge in [0.05, 0.1) is 11.0 Å². The molecule has 0 aliphatic heterocycles. The van der Waals surface area contributed by atoms with Crippen molar-refractivity contribution in [2.75, 3.05) is 0 Å². The molecule has 0 spiro atoms. The topological polar surface area (TPSA) is 43.8 Å². The van der Waals surface area contributed by atoms with Crippen LogP contribution in [-0.2, 0) is 13.0 Å². The first-order valence-electron chi connectivity index (χ1n) is 5.70. The average Bonchev–Trinajstić information content (AvgIpc) is 2.64. The van der Waals surface area contributed by atoms with Crippen molar-refractivity contribution in [2.45, 2.75) is 32.1 Å². The summed E-state index contributed by atoms with van der Waals surface area (Å²) in [4.78, 5) is 4.22. The normalized spacial score (nSPS) is 14.1. The molecule has 0 saturated heterocycles. The number of nitrogens with two attached hydrogens (primary N) is 1. The van der Waals surface area contributed by atoms with E-state index < -0.39 is 12.2 Å². The van der Waals surface area contributed by atoms with Crippen LogP contribution in [0.4, 0.5) is 13.2 Å². The number of aromatic nitrogens is 2. The summed E-state index contributed by atoms with van der Waals surface area (Å²) in [5.74, 6) is 0.378. The number of halogens is 3. The van der Waals surface area contributed by atoms with Gasteiger partial charge in [-0.2, -0.15) is 13.2 Å². The zero-order valence-corrected chi connectivity index (χ0v) is 9.91. The quantitative estimate of drug-likeness (QED) is 0.918. The van der Waals surface area contributed by atoms with Crippen molar-refractivity contribution in [2.24, 2.45) is 5.73 Å². The molecule has 1 unspecified atom stereocenters. The van der Waals surface area contributed by atoms with E-state index in [1.54, 1.807) is 10.6 Å². The third-order valence-corrected chi connectivity index (χ3v) is 2.87. The number of imidazole rings is 1. The minimum atomic E-state index is -4.39. The Morgan fingerprint density at radius 1 is 1.33 bits per heavy atom. The Morgan fingerprint density at radius 2 is 2.00 bits per heavy atom. The second-order valence-corrected chi connectivity index (χ2v) is 4.11. The summed E-state index contributed by atoms with van der Waals surface area (Å²) < 4.78 is 39.2. The standard InChI is InChI=1S/C12H14F3N3/c1-2-18-9-6-4-3-5-8(9)17-11(18)7-10(16)12(13,14)15/h3-6,10H,2,7,16H2,1H3. The van der Waals surface area contributed by atoms with Crippen molar-refractivity contribution in [3.05, 3.63) is 30.1 Å². The molecule has 2 N–H and O–H groups in total. The number of aryl methyl sites for hydroxylation is 1. The number of para-hydroxylation sites is 2. The molecule has 2 rings (SSSR count). The SMILES string of the molecule is CCn1c(CC(N)C(F)(F)F)nc2ccccc21. The van der Waals surface area contributed by atoms with E-state index in [2.05, 4.69) is 4.98 Å². The molecule has 0 bridgehead atoms. The van der Waals surface area contributed by atoms with Crippen molar-refractivity contribution in [1.82, 2.24) is 9.55 Å². The molecule has 0 radical (unpaired) electrons. The molecular formula is C12H14F3N3. The zero-order chi connectivity index (χ0) is 13.3. The highest BCUT2D eigenvalue weighted by atomic mass is 19.4. The maximum Gasteiger partial charge on any atom is 0.404 e. The highest BCUT2D eigenvalue weighted by Gasteiger charge is 2.37. The number of fused-ring (bicyclic) bond motifs is 1. The van der Waals surface area contributed by atoms with Crippen LogP contribution < -0.4 is 5.73 Å². The molecule has 0 aliphatic rings. The van der Waals surface area contributed by atoms with Gasteiger partial charge in [-0.3, -0.25) is 0 Å². The summed E-state index contributed by atoms with van der Waals surface area (Å²) in [6.45, 7) is 2.44. The van der Waals surface area contributed by atoms with Crippen LogP contribution in [0.5, 0.6) is 0 Å². The van der Waals surface area contributed by atoms with Gasteiger partial charge in [0.1, 0.15) is 11.9 Å². The lowest BCUT2D eigenvalue weighted by Crippen LogP contribution is -2.39. The number of nitrogens with zero attached hydrogens (tertiary/aromatic N) is 2. The Hall–Kier alpha value is -1.56. The van der Waals surface area contributed by atoms with Gasteiger partial charge in [-0.25, -0.2) is 4.98 Å². The first kappa shape index (κ1) is 12.9. The predicted molar refractivity (Wildman–Crippen MR) is 63.1 cm³/mol. The fourth-order valence-corrected chi connectivity index (χ4v) is 1.95. The molecule has 18 heavy (non-hydrogen) atoms. The highest BCUT2D eigenvalue weighted by molar-refractivity contribution is 5.75. The van der Waals surface area contributed by atoms with Crippen molar-refractivity contribution in [3.63, 3.8) is 0 Å². The molecule has 0 amide bonds. The zero-order valence-electron chi connectivity index (χ0n) is 9.91. The molecule has 2 aromatic rings. The van der Waals surface area contributed by atoms with E-state index >= 15 is 0 Å². The first-order valence-corrected chi connectivity index (χ1v) is 5.70. The second-order valence-electron chi connectivity index (χ2n) is 4.11. The maximum absolute atomic E-state index is 12.5. The van der Waals surface area contributed by atoms with Crippen LogP contribution in [0.1, 0.15) is 12.7 Å². The Bertz CT molecular complexity index is 545. The van der Waals surface area contributed by atoms with E-state index in [1.165, 1.54) is 0 Å². The number of benzene rings is 1. The number of rotatable bonds is 3. The van der Waals surface area contributed by atoms with Gasteiger partial charge in [-0.05, 0) is 19.1 Å². The Labute approximate surface area is 102 Å². The van der Waals surface area contributed by atoms with Crippen LogP contribution in [-0.4, -0.2) is 21.8 Å². The lowest BCUT2D eigenvalue weighted by atomic mass is 10.2. The summed E-state index contributed by atoms with van der Waals surface area (Å²) in [6.07, 6.45) is -4.69. The minimum Gasteiger partial charge on any atom is -0.328 e. The summed E-state index contributed by atoms with van der Waals surface area (Å²) in [5, 5.41) is 0. The molecule has 1 aromatic heterocycles. The maximum atomic E-state index is 12.5. The van der Waals surface area contributed by atoms with Crippen LogP contribution in [0.2, 0.25) is 0 Å². The highest BCUT2D eigenvalue weighted by Crippen LogP contribution is 2.23. The van der Waals surface area contributed by atoms with E-state index in [0.29, 0.717) is 17.9 Å². The number of hydrogen-bond donors (Lipinski definition) is 1. The van der Waals surface area contributed by atoms with Crippen LogP contribution >= 0.6 is 0 Å². The molecule has 98 valence electrons. The molecule has 6 heteroatoms. The summed E-state index contributed by atoms with van der Waals surface area (Å²) in [7, 11) is 0. The molecular weight excluding hydrogens is 243 g/mol. The largest absolute Gasteiger partial charge is 0.404 e. The van der Waals surface area contributed by atoms with E-state index in [4.69, 9.17) is 5.73 Å². The fourth-order valence-electron chi connectivity index (χ4n) is 1.95. The molecule has 1 heterocycles. The minimum absolute atomic E-state index is 0.300. The van der Waals surface area contributed by atoms with Crippen LogP contribution in [0, 0.1) is 0 Å². The van der Waals surface area contributed by atoms with Gasteiger partial charge in [0.2, 0.25) is 0 Å². The van der Waals surface area contributed by atoms with Gasteiger partial charge in [-0.1, -0.05) is 12.1 Å². The van der Waals surface area contributed by atoms with Crippen molar-refractivity contribution in [3.8, 4) is 0 Å². The van der Waals surface area contributed by atoms with Crippen molar-refractivity contribution < 1.29 is 13.2 Å². The van der Waals surface area contributed by atoms with Gasteiger partial charge in [0.15, 0.2) is 0 Å². The van der Waals surface area contributed by atoms with Crippen molar-refractivity contribution >= 4 is 11.0 Å². The fraction of sp³-hybridized carbons (Fsp3) is 0.417. The van der Waals surface area contributed by atoms with E-state index in [-0.39, 0.29) is 6.42 Å². The molecule has 0 saturated carbocycles. The van der Waals surface area contributed by atoms with Crippen LogP contribution in [0.3, 0.4) is 0 Å². The van der Waals surface area contributed by atoms with Gasteiger partial charge in [0.25, 0.3) is 0 Å². The van der Waals surface area contributed by atoms with E-state index in [0.717, 1.165) is 5.52 Å². The van der Waals surface area contributed by atoms with Crippen LogP contribution in [0.15, 0.2) is 24.3 Å². The summed E-state index contributed by atoms with van der Waals surface area (Å²) >= 11 is 0. The third kappa shape index (κ3) is 2.33. The summed E-state index contributed by atoms with van der Waals surface area (Å²) in [6, 6.07) is 5.39. The molecule has 0 fully saturated rings. The molecule has 3 nitrogen and oxygen atoms in total. The Morgan fingerprint density at radius 3 is 2.61 bits per heavy atom. The van der Waals surface area contributed by atoms with Gasteiger partial charge < -0.3 is 10.3 Å². The number of hydrogen-bond acceptors (Lipinski definition) is 2. The molecule has 1 atom stereocenters. The van der Waals surface area contributed by atoms with Crippen molar-refractivity contribution in [1.29, 1.82) is 0 Å². The van der Waals surface area contributed by atoms with Gasteiger partial charge in [-0.15, -0.1) is 0 Å². The number of alkyl halides is 3. The second kappa shape index (κ2) is 4.61.